The zero-order chi connectivity index (χ0) is 21.1. The zero-order valence-electron chi connectivity index (χ0n) is 16.8. The van der Waals surface area contributed by atoms with Gasteiger partial charge in [0.1, 0.15) is 0 Å². The highest BCUT2D eigenvalue weighted by molar-refractivity contribution is 6.34. The van der Waals surface area contributed by atoms with Crippen LogP contribution in [-0.2, 0) is 9.59 Å². The van der Waals surface area contributed by atoms with Crippen LogP contribution in [0.15, 0.2) is 30.3 Å². The fraction of sp³-hybridized carbons (Fsp3) is 0.318. The quantitative estimate of drug-likeness (QED) is 0.783. The van der Waals surface area contributed by atoms with Gasteiger partial charge in [-0.3, -0.25) is 14.4 Å². The van der Waals surface area contributed by atoms with Gasteiger partial charge in [0, 0.05) is 24.2 Å². The van der Waals surface area contributed by atoms with Crippen LogP contribution in [0, 0.1) is 20.8 Å². The van der Waals surface area contributed by atoms with Gasteiger partial charge in [0.25, 0.3) is 5.91 Å². The predicted octanol–water partition coefficient (Wildman–Crippen LogP) is 3.76. The first-order valence-electron chi connectivity index (χ1n) is 9.52. The van der Waals surface area contributed by atoms with Gasteiger partial charge in [0.15, 0.2) is 0 Å². The Bertz CT molecular complexity index is 964. The van der Waals surface area contributed by atoms with Crippen LogP contribution in [0.1, 0.15) is 39.9 Å². The van der Waals surface area contributed by atoms with Gasteiger partial charge >= 0.3 is 0 Å². The van der Waals surface area contributed by atoms with Crippen LogP contribution in [0.2, 0.25) is 5.02 Å². The van der Waals surface area contributed by atoms with Crippen molar-refractivity contribution in [2.45, 2.75) is 33.6 Å². The van der Waals surface area contributed by atoms with Crippen molar-refractivity contribution in [1.29, 1.82) is 0 Å². The second kappa shape index (κ2) is 8.66. The van der Waals surface area contributed by atoms with Gasteiger partial charge in [-0.1, -0.05) is 29.3 Å². The summed E-state index contributed by atoms with van der Waals surface area (Å²) in [7, 11) is 0. The standard InChI is InChI=1S/C22H24ClN3O3/c1-13-9-14(2)21(15(3)10-13)25-19(27)12-24-22(29)16-6-7-17(23)18(11-16)26-8-4-5-20(26)28/h6-7,9-11H,4-5,8,12H2,1-3H3,(H,24,29)(H,25,27). The normalized spacial score (nSPS) is 13.5. The molecule has 3 rings (SSSR count). The van der Waals surface area contributed by atoms with Gasteiger partial charge < -0.3 is 15.5 Å². The Morgan fingerprint density at radius 3 is 2.41 bits per heavy atom. The van der Waals surface area contributed by atoms with Gasteiger partial charge in [-0.2, -0.15) is 0 Å². The second-order valence-electron chi connectivity index (χ2n) is 7.32. The zero-order valence-corrected chi connectivity index (χ0v) is 17.5. The van der Waals surface area contributed by atoms with Crippen molar-refractivity contribution in [2.24, 2.45) is 0 Å². The average molecular weight is 414 g/mol. The molecule has 152 valence electrons. The van der Waals surface area contributed by atoms with Crippen molar-refractivity contribution < 1.29 is 14.4 Å². The smallest absolute Gasteiger partial charge is 0.251 e. The minimum absolute atomic E-state index is 0.00678. The summed E-state index contributed by atoms with van der Waals surface area (Å²) in [6, 6.07) is 8.75. The molecule has 0 aromatic heterocycles. The van der Waals surface area contributed by atoms with Crippen molar-refractivity contribution in [3.8, 4) is 0 Å². The van der Waals surface area contributed by atoms with Crippen LogP contribution in [0.25, 0.3) is 0 Å². The number of anilines is 2. The van der Waals surface area contributed by atoms with Crippen LogP contribution in [0.5, 0.6) is 0 Å². The summed E-state index contributed by atoms with van der Waals surface area (Å²) in [6.45, 7) is 6.29. The lowest BCUT2D eigenvalue weighted by molar-refractivity contribution is -0.117. The molecule has 0 bridgehead atoms. The molecule has 1 fully saturated rings. The van der Waals surface area contributed by atoms with Crippen LogP contribution < -0.4 is 15.5 Å². The molecular weight excluding hydrogens is 390 g/mol. The van der Waals surface area contributed by atoms with Crippen molar-refractivity contribution >= 4 is 40.7 Å². The van der Waals surface area contributed by atoms with E-state index in [4.69, 9.17) is 11.6 Å². The molecule has 0 radical (unpaired) electrons. The number of halogens is 1. The lowest BCUT2D eigenvalue weighted by Crippen LogP contribution is -2.33. The molecule has 0 unspecified atom stereocenters. The van der Waals surface area contributed by atoms with E-state index in [0.717, 1.165) is 28.8 Å². The number of amides is 3. The first-order valence-corrected chi connectivity index (χ1v) is 9.90. The first-order chi connectivity index (χ1) is 13.8. The molecule has 1 saturated heterocycles. The predicted molar refractivity (Wildman–Crippen MR) is 115 cm³/mol. The monoisotopic (exact) mass is 413 g/mol. The number of carbonyl (C=O) groups excluding carboxylic acids is 3. The van der Waals surface area contributed by atoms with Gasteiger partial charge in [-0.05, 0) is 56.5 Å². The molecule has 0 saturated carbocycles. The summed E-state index contributed by atoms with van der Waals surface area (Å²) in [5, 5.41) is 5.89. The van der Waals surface area contributed by atoms with Crippen molar-refractivity contribution in [1.82, 2.24) is 5.32 Å². The molecule has 29 heavy (non-hydrogen) atoms. The Morgan fingerprint density at radius 1 is 1.10 bits per heavy atom. The van der Waals surface area contributed by atoms with Crippen LogP contribution >= 0.6 is 11.6 Å². The Hall–Kier alpha value is -2.86. The van der Waals surface area contributed by atoms with Gasteiger partial charge in [-0.25, -0.2) is 0 Å². The number of benzene rings is 2. The van der Waals surface area contributed by atoms with E-state index < -0.39 is 5.91 Å². The van der Waals surface area contributed by atoms with Gasteiger partial charge in [-0.15, -0.1) is 0 Å². The second-order valence-corrected chi connectivity index (χ2v) is 7.73. The molecule has 2 aromatic carbocycles. The Balaban J connectivity index is 1.65. The highest BCUT2D eigenvalue weighted by Gasteiger charge is 2.24. The molecule has 1 aliphatic rings. The summed E-state index contributed by atoms with van der Waals surface area (Å²) in [5.41, 5.74) is 4.70. The number of nitrogens with zero attached hydrogens (tertiary/aromatic N) is 1. The fourth-order valence-corrected chi connectivity index (χ4v) is 3.81. The van der Waals surface area contributed by atoms with E-state index in [-0.39, 0.29) is 18.4 Å². The maximum atomic E-state index is 12.5. The number of rotatable bonds is 5. The Kier molecular flexibility index (Phi) is 6.23. The molecule has 2 aromatic rings. The third-order valence-corrected chi connectivity index (χ3v) is 5.24. The fourth-order valence-electron chi connectivity index (χ4n) is 3.59. The van der Waals surface area contributed by atoms with E-state index in [0.29, 0.717) is 29.2 Å². The minimum atomic E-state index is -0.401. The lowest BCUT2D eigenvalue weighted by Gasteiger charge is -2.18. The Labute approximate surface area is 175 Å². The lowest BCUT2D eigenvalue weighted by atomic mass is 10.1. The van der Waals surface area contributed by atoms with Crippen LogP contribution in [0.3, 0.4) is 0 Å². The van der Waals surface area contributed by atoms with Crippen molar-refractivity contribution in [2.75, 3.05) is 23.3 Å². The van der Waals surface area contributed by atoms with Gasteiger partial charge in [0.2, 0.25) is 11.8 Å². The molecule has 1 heterocycles. The number of nitrogens with one attached hydrogen (secondary N) is 2. The molecule has 0 spiro atoms. The Morgan fingerprint density at radius 2 is 1.79 bits per heavy atom. The van der Waals surface area contributed by atoms with Crippen molar-refractivity contribution in [3.63, 3.8) is 0 Å². The largest absolute Gasteiger partial charge is 0.343 e. The summed E-state index contributed by atoms with van der Waals surface area (Å²) < 4.78 is 0. The summed E-state index contributed by atoms with van der Waals surface area (Å²) >= 11 is 6.22. The van der Waals surface area contributed by atoms with E-state index in [1.54, 1.807) is 23.1 Å². The van der Waals surface area contributed by atoms with E-state index in [1.165, 1.54) is 0 Å². The highest BCUT2D eigenvalue weighted by Crippen LogP contribution is 2.30. The number of carbonyl (C=O) groups is 3. The molecule has 6 nitrogen and oxygen atoms in total. The molecular formula is C22H24ClN3O3. The average Bonchev–Trinajstić information content (AvgIpc) is 3.08. The summed E-state index contributed by atoms with van der Waals surface area (Å²) in [5.74, 6) is -0.716. The molecule has 1 aliphatic heterocycles. The van der Waals surface area contributed by atoms with Crippen molar-refractivity contribution in [3.05, 3.63) is 57.6 Å². The number of hydrogen-bond acceptors (Lipinski definition) is 3. The molecule has 0 atom stereocenters. The summed E-state index contributed by atoms with van der Waals surface area (Å²) in [4.78, 5) is 38.4. The van der Waals surface area contributed by atoms with Gasteiger partial charge in [0.05, 0.1) is 17.3 Å². The third kappa shape index (κ3) is 4.77. The third-order valence-electron chi connectivity index (χ3n) is 4.92. The summed E-state index contributed by atoms with van der Waals surface area (Å²) in [6.07, 6.45) is 1.24. The molecule has 2 N–H and O–H groups in total. The van der Waals surface area contributed by atoms with E-state index in [2.05, 4.69) is 10.6 Å². The maximum absolute atomic E-state index is 12.5. The topological polar surface area (TPSA) is 78.5 Å². The SMILES string of the molecule is Cc1cc(C)c(NC(=O)CNC(=O)c2ccc(Cl)c(N3CCCC3=O)c2)c(C)c1. The number of hydrogen-bond donors (Lipinski definition) is 2. The number of aryl methyl sites for hydroxylation is 3. The van der Waals surface area contributed by atoms with E-state index in [1.807, 2.05) is 32.9 Å². The van der Waals surface area contributed by atoms with E-state index >= 15 is 0 Å². The van der Waals surface area contributed by atoms with E-state index in [9.17, 15) is 14.4 Å². The van der Waals surface area contributed by atoms with Crippen LogP contribution in [-0.4, -0.2) is 30.8 Å². The first kappa shape index (κ1) is 20.9. The highest BCUT2D eigenvalue weighted by atomic mass is 35.5. The molecule has 0 aliphatic carbocycles. The van der Waals surface area contributed by atoms with Crippen LogP contribution in [0.4, 0.5) is 11.4 Å². The minimum Gasteiger partial charge on any atom is -0.343 e. The molecule has 7 heteroatoms. The maximum Gasteiger partial charge on any atom is 0.251 e. The molecule has 3 amide bonds.